The van der Waals surface area contributed by atoms with Crippen LogP contribution < -0.4 is 10.1 Å². The lowest BCUT2D eigenvalue weighted by molar-refractivity contribution is 0.331. The highest BCUT2D eigenvalue weighted by atomic mass is 79.9. The maximum absolute atomic E-state index is 12.9. The first-order chi connectivity index (χ1) is 8.74. The number of benzene rings is 1. The molecule has 0 saturated heterocycles. The molecule has 0 fully saturated rings. The van der Waals surface area contributed by atoms with Crippen LogP contribution in [0, 0.1) is 5.82 Å². The van der Waals surface area contributed by atoms with Gasteiger partial charge in [-0.2, -0.15) is 0 Å². The average molecular weight is 311 g/mol. The third-order valence-corrected chi connectivity index (χ3v) is 2.64. The molecule has 0 spiro atoms. The number of hydrogen-bond acceptors (Lipinski definition) is 3. The number of ether oxygens (including phenoxy) is 1. The fourth-order valence-electron chi connectivity index (χ4n) is 1.43. The molecule has 0 atom stereocenters. The minimum Gasteiger partial charge on any atom is -0.490 e. The molecule has 18 heavy (non-hydrogen) atoms. The van der Waals surface area contributed by atoms with E-state index in [-0.39, 0.29) is 5.82 Å². The number of aromatic nitrogens is 1. The van der Waals surface area contributed by atoms with Gasteiger partial charge in [-0.3, -0.25) is 4.98 Å². The lowest BCUT2D eigenvalue weighted by Crippen LogP contribution is -2.11. The van der Waals surface area contributed by atoms with Crippen LogP contribution in [-0.2, 0) is 0 Å². The molecule has 1 heterocycles. The Bertz CT molecular complexity index is 474. The Balaban J connectivity index is 1.76. The van der Waals surface area contributed by atoms with Crippen molar-refractivity contribution in [1.29, 1.82) is 0 Å². The maximum Gasteiger partial charge on any atom is 0.138 e. The van der Waals surface area contributed by atoms with Crippen LogP contribution in [0.2, 0.25) is 0 Å². The molecule has 94 valence electrons. The Kier molecular flexibility index (Phi) is 4.52. The smallest absolute Gasteiger partial charge is 0.138 e. The Morgan fingerprint density at radius 1 is 1.28 bits per heavy atom. The molecule has 0 unspecified atom stereocenters. The zero-order valence-corrected chi connectivity index (χ0v) is 11.2. The Hall–Kier alpha value is -1.62. The van der Waals surface area contributed by atoms with Crippen LogP contribution in [0.4, 0.5) is 10.1 Å². The van der Waals surface area contributed by atoms with E-state index in [2.05, 4.69) is 26.2 Å². The van der Waals surface area contributed by atoms with Crippen LogP contribution in [-0.4, -0.2) is 18.1 Å². The molecule has 2 rings (SSSR count). The van der Waals surface area contributed by atoms with Crippen molar-refractivity contribution in [3.63, 3.8) is 0 Å². The zero-order chi connectivity index (χ0) is 12.8. The number of rotatable bonds is 5. The maximum atomic E-state index is 12.9. The summed E-state index contributed by atoms with van der Waals surface area (Å²) < 4.78 is 19.3. The highest BCUT2D eigenvalue weighted by Gasteiger charge is 1.97. The molecule has 0 radical (unpaired) electrons. The fraction of sp³-hybridized carbons (Fsp3) is 0.154. The van der Waals surface area contributed by atoms with Crippen LogP contribution in [0.5, 0.6) is 5.75 Å². The molecule has 0 aliphatic carbocycles. The van der Waals surface area contributed by atoms with E-state index < -0.39 is 0 Å². The van der Waals surface area contributed by atoms with Crippen molar-refractivity contribution in [3.05, 3.63) is 53.0 Å². The third kappa shape index (κ3) is 4.00. The second-order valence-electron chi connectivity index (χ2n) is 3.62. The third-order valence-electron chi connectivity index (χ3n) is 2.20. The van der Waals surface area contributed by atoms with Gasteiger partial charge in [0.05, 0.1) is 6.20 Å². The monoisotopic (exact) mass is 310 g/mol. The number of pyridine rings is 1. The van der Waals surface area contributed by atoms with Crippen LogP contribution >= 0.6 is 15.9 Å². The molecule has 5 heteroatoms. The number of halogens is 2. The Morgan fingerprint density at radius 3 is 2.94 bits per heavy atom. The van der Waals surface area contributed by atoms with Gasteiger partial charge >= 0.3 is 0 Å². The number of anilines is 1. The van der Waals surface area contributed by atoms with Crippen LogP contribution in [0.25, 0.3) is 0 Å². The average Bonchev–Trinajstić information content (AvgIpc) is 2.35. The molecule has 0 aliphatic rings. The van der Waals surface area contributed by atoms with Crippen molar-refractivity contribution in [1.82, 2.24) is 4.98 Å². The van der Waals surface area contributed by atoms with Crippen molar-refractivity contribution in [2.45, 2.75) is 0 Å². The summed E-state index contributed by atoms with van der Waals surface area (Å²) in [6.07, 6.45) is 3.34. The van der Waals surface area contributed by atoms with Gasteiger partial charge in [-0.1, -0.05) is 6.07 Å². The summed E-state index contributed by atoms with van der Waals surface area (Å²) in [5.74, 6) is 0.447. The summed E-state index contributed by atoms with van der Waals surface area (Å²) in [5.41, 5.74) is 0.742. The molecule has 1 aromatic carbocycles. The summed E-state index contributed by atoms with van der Waals surface area (Å²) in [6.45, 7) is 1.07. The molecule has 2 aromatic rings. The van der Waals surface area contributed by atoms with Gasteiger partial charge in [-0.15, -0.1) is 0 Å². The van der Waals surface area contributed by atoms with E-state index >= 15 is 0 Å². The lowest BCUT2D eigenvalue weighted by atomic mass is 10.3. The minimum absolute atomic E-state index is 0.253. The summed E-state index contributed by atoms with van der Waals surface area (Å²) in [6, 6.07) is 8.17. The summed E-state index contributed by atoms with van der Waals surface area (Å²) in [4.78, 5) is 3.99. The van der Waals surface area contributed by atoms with Crippen molar-refractivity contribution < 1.29 is 9.13 Å². The van der Waals surface area contributed by atoms with E-state index in [0.29, 0.717) is 18.9 Å². The van der Waals surface area contributed by atoms with Gasteiger partial charge in [-0.25, -0.2) is 4.39 Å². The van der Waals surface area contributed by atoms with E-state index in [1.165, 1.54) is 12.1 Å². The van der Waals surface area contributed by atoms with Gasteiger partial charge in [-0.05, 0) is 40.2 Å². The topological polar surface area (TPSA) is 34.1 Å². The highest BCUT2D eigenvalue weighted by molar-refractivity contribution is 9.10. The number of nitrogens with one attached hydrogen (secondary N) is 1. The van der Waals surface area contributed by atoms with Crippen molar-refractivity contribution in [2.24, 2.45) is 0 Å². The van der Waals surface area contributed by atoms with E-state index in [1.807, 2.05) is 12.1 Å². The first-order valence-corrected chi connectivity index (χ1v) is 6.26. The Labute approximate surface area is 113 Å². The summed E-state index contributed by atoms with van der Waals surface area (Å²) in [7, 11) is 0. The van der Waals surface area contributed by atoms with E-state index in [1.54, 1.807) is 18.5 Å². The molecule has 1 aromatic heterocycles. The summed E-state index contributed by atoms with van der Waals surface area (Å²) >= 11 is 3.32. The molecule has 3 nitrogen and oxygen atoms in total. The quantitative estimate of drug-likeness (QED) is 0.859. The minimum atomic E-state index is -0.253. The SMILES string of the molecule is Fc1cccc(NCCOc2cncc(Br)c2)c1. The first kappa shape index (κ1) is 12.8. The van der Waals surface area contributed by atoms with Crippen LogP contribution in [0.15, 0.2) is 47.2 Å². The molecule has 0 bridgehead atoms. The Morgan fingerprint density at radius 2 is 2.17 bits per heavy atom. The molecular formula is C13H12BrFN2O. The van der Waals surface area contributed by atoms with Gasteiger partial charge in [0.2, 0.25) is 0 Å². The van der Waals surface area contributed by atoms with Gasteiger partial charge in [0, 0.05) is 22.9 Å². The van der Waals surface area contributed by atoms with E-state index in [4.69, 9.17) is 4.74 Å². The standard InChI is InChI=1S/C13H12BrFN2O/c14-10-6-13(9-16-8-10)18-5-4-17-12-3-1-2-11(15)7-12/h1-3,6-9,17H,4-5H2. The molecular weight excluding hydrogens is 299 g/mol. The van der Waals surface area contributed by atoms with Gasteiger partial charge in [0.1, 0.15) is 18.2 Å². The van der Waals surface area contributed by atoms with Gasteiger partial charge < -0.3 is 10.1 Å². The van der Waals surface area contributed by atoms with Crippen molar-refractivity contribution in [2.75, 3.05) is 18.5 Å². The molecule has 0 aliphatic heterocycles. The normalized spacial score (nSPS) is 10.1. The van der Waals surface area contributed by atoms with Gasteiger partial charge in [0.25, 0.3) is 0 Å². The predicted molar refractivity (Wildman–Crippen MR) is 72.3 cm³/mol. The first-order valence-electron chi connectivity index (χ1n) is 5.47. The predicted octanol–water partition coefficient (Wildman–Crippen LogP) is 3.47. The van der Waals surface area contributed by atoms with Crippen LogP contribution in [0.1, 0.15) is 0 Å². The fourth-order valence-corrected chi connectivity index (χ4v) is 1.78. The second-order valence-corrected chi connectivity index (χ2v) is 4.54. The molecule has 0 saturated carbocycles. The van der Waals surface area contributed by atoms with Gasteiger partial charge in [0.15, 0.2) is 0 Å². The summed E-state index contributed by atoms with van der Waals surface area (Å²) in [5, 5.41) is 3.07. The zero-order valence-electron chi connectivity index (χ0n) is 9.57. The van der Waals surface area contributed by atoms with Crippen molar-refractivity contribution in [3.8, 4) is 5.75 Å². The highest BCUT2D eigenvalue weighted by Crippen LogP contribution is 2.15. The van der Waals surface area contributed by atoms with E-state index in [9.17, 15) is 4.39 Å². The van der Waals surface area contributed by atoms with E-state index in [0.717, 1.165) is 10.2 Å². The largest absolute Gasteiger partial charge is 0.490 e. The number of nitrogens with zero attached hydrogens (tertiary/aromatic N) is 1. The second kappa shape index (κ2) is 6.35. The van der Waals surface area contributed by atoms with Crippen molar-refractivity contribution >= 4 is 21.6 Å². The van der Waals surface area contributed by atoms with Crippen LogP contribution in [0.3, 0.4) is 0 Å². The lowest BCUT2D eigenvalue weighted by Gasteiger charge is -2.08. The molecule has 1 N–H and O–H groups in total. The molecule has 0 amide bonds. The number of hydrogen-bond donors (Lipinski definition) is 1.